The number of morpholine rings is 1. The summed E-state index contributed by atoms with van der Waals surface area (Å²) in [6.07, 6.45) is 1.28. The number of rotatable bonds is 2. The second kappa shape index (κ2) is 5.88. The van der Waals surface area contributed by atoms with Gasteiger partial charge in [-0.05, 0) is 26.0 Å². The first kappa shape index (κ1) is 14.7. The van der Waals surface area contributed by atoms with Crippen LogP contribution < -0.4 is 5.56 Å². The Bertz CT molecular complexity index is 756. The second-order valence-electron chi connectivity index (χ2n) is 5.71. The first-order valence-corrected chi connectivity index (χ1v) is 7.42. The van der Waals surface area contributed by atoms with Crippen LogP contribution in [0.25, 0.3) is 11.0 Å². The molecular weight excluding hydrogens is 282 g/mol. The number of nitrogens with zero attached hydrogens (tertiary/aromatic N) is 3. The van der Waals surface area contributed by atoms with Gasteiger partial charge in [-0.3, -0.25) is 14.2 Å². The number of benzene rings is 1. The Morgan fingerprint density at radius 1 is 1.36 bits per heavy atom. The van der Waals surface area contributed by atoms with Crippen molar-refractivity contribution in [2.24, 2.45) is 0 Å². The number of carbonyl (C=O) groups excluding carboxylic acids is 1. The summed E-state index contributed by atoms with van der Waals surface area (Å²) in [5.74, 6) is -0.0684. The van der Waals surface area contributed by atoms with Crippen molar-refractivity contribution in [2.45, 2.75) is 32.5 Å². The van der Waals surface area contributed by atoms with Gasteiger partial charge >= 0.3 is 0 Å². The van der Waals surface area contributed by atoms with Crippen molar-refractivity contribution in [1.82, 2.24) is 14.5 Å². The average Bonchev–Trinajstić information content (AvgIpc) is 2.52. The van der Waals surface area contributed by atoms with E-state index in [0.717, 1.165) is 0 Å². The monoisotopic (exact) mass is 301 g/mol. The Balaban J connectivity index is 1.91. The maximum absolute atomic E-state index is 12.6. The fourth-order valence-electron chi connectivity index (χ4n) is 2.75. The Labute approximate surface area is 128 Å². The lowest BCUT2D eigenvalue weighted by molar-refractivity contribution is -0.143. The highest BCUT2D eigenvalue weighted by molar-refractivity contribution is 5.80. The van der Waals surface area contributed by atoms with E-state index in [2.05, 4.69) is 4.98 Å². The van der Waals surface area contributed by atoms with Crippen molar-refractivity contribution in [2.75, 3.05) is 13.2 Å². The molecule has 1 aliphatic heterocycles. The van der Waals surface area contributed by atoms with Gasteiger partial charge in [-0.2, -0.15) is 0 Å². The van der Waals surface area contributed by atoms with Gasteiger partial charge in [-0.25, -0.2) is 4.98 Å². The van der Waals surface area contributed by atoms with Crippen molar-refractivity contribution < 1.29 is 9.53 Å². The zero-order chi connectivity index (χ0) is 15.7. The molecule has 3 rings (SSSR count). The van der Waals surface area contributed by atoms with Crippen molar-refractivity contribution in [3.63, 3.8) is 0 Å². The van der Waals surface area contributed by atoms with Gasteiger partial charge in [0, 0.05) is 6.54 Å². The van der Waals surface area contributed by atoms with Crippen LogP contribution in [0.1, 0.15) is 13.8 Å². The van der Waals surface area contributed by atoms with Gasteiger partial charge in [0.25, 0.3) is 5.56 Å². The van der Waals surface area contributed by atoms with Crippen molar-refractivity contribution in [3.05, 3.63) is 40.8 Å². The molecule has 1 saturated heterocycles. The first-order valence-electron chi connectivity index (χ1n) is 7.42. The number of hydrogen-bond donors (Lipinski definition) is 0. The molecule has 1 aromatic carbocycles. The SMILES string of the molecule is CC1CN(C(=O)Cn2c(=O)cnc3ccccc32)C(C)CO1. The van der Waals surface area contributed by atoms with E-state index in [1.807, 2.05) is 38.1 Å². The maximum Gasteiger partial charge on any atom is 0.269 e. The molecule has 0 N–H and O–H groups in total. The van der Waals surface area contributed by atoms with E-state index in [4.69, 9.17) is 4.74 Å². The topological polar surface area (TPSA) is 64.4 Å². The molecule has 2 unspecified atom stereocenters. The Kier molecular flexibility index (Phi) is 3.94. The first-order chi connectivity index (χ1) is 10.6. The van der Waals surface area contributed by atoms with Gasteiger partial charge in [0.2, 0.25) is 5.91 Å². The van der Waals surface area contributed by atoms with Crippen LogP contribution in [0.4, 0.5) is 0 Å². The largest absolute Gasteiger partial charge is 0.375 e. The summed E-state index contributed by atoms with van der Waals surface area (Å²) in [4.78, 5) is 30.6. The fourth-order valence-corrected chi connectivity index (χ4v) is 2.75. The highest BCUT2D eigenvalue weighted by Crippen LogP contribution is 2.13. The van der Waals surface area contributed by atoms with E-state index < -0.39 is 0 Å². The molecule has 0 saturated carbocycles. The smallest absolute Gasteiger partial charge is 0.269 e. The predicted molar refractivity (Wildman–Crippen MR) is 82.6 cm³/mol. The summed E-state index contributed by atoms with van der Waals surface area (Å²) in [6.45, 7) is 5.01. The number of fused-ring (bicyclic) bond motifs is 1. The molecule has 6 nitrogen and oxygen atoms in total. The third kappa shape index (κ3) is 2.74. The standard InChI is InChI=1S/C16H19N3O3/c1-11-10-22-12(2)8-18(11)16(21)9-19-14-6-4-3-5-13(14)17-7-15(19)20/h3-7,11-12H,8-10H2,1-2H3. The predicted octanol–water partition coefficient (Wildman–Crippen LogP) is 1.03. The molecule has 0 aliphatic carbocycles. The number of hydrogen-bond acceptors (Lipinski definition) is 4. The van der Waals surface area contributed by atoms with E-state index in [1.54, 1.807) is 4.90 Å². The summed E-state index contributed by atoms with van der Waals surface area (Å²) < 4.78 is 7.03. The molecule has 2 atom stereocenters. The van der Waals surface area contributed by atoms with Gasteiger partial charge in [-0.15, -0.1) is 0 Å². The van der Waals surface area contributed by atoms with Crippen LogP contribution in [-0.4, -0.2) is 45.7 Å². The Morgan fingerprint density at radius 2 is 2.14 bits per heavy atom. The molecular formula is C16H19N3O3. The van der Waals surface area contributed by atoms with E-state index in [-0.39, 0.29) is 30.2 Å². The van der Waals surface area contributed by atoms with Crippen LogP contribution in [0.5, 0.6) is 0 Å². The van der Waals surface area contributed by atoms with E-state index in [1.165, 1.54) is 10.8 Å². The lowest BCUT2D eigenvalue weighted by Crippen LogP contribution is -2.51. The molecule has 1 fully saturated rings. The van der Waals surface area contributed by atoms with Crippen LogP contribution in [-0.2, 0) is 16.1 Å². The van der Waals surface area contributed by atoms with Crippen molar-refractivity contribution in [3.8, 4) is 0 Å². The van der Waals surface area contributed by atoms with Crippen LogP contribution in [0, 0.1) is 0 Å². The number of carbonyl (C=O) groups is 1. The van der Waals surface area contributed by atoms with Gasteiger partial charge in [0.15, 0.2) is 0 Å². The van der Waals surface area contributed by atoms with Crippen LogP contribution in [0.15, 0.2) is 35.3 Å². The minimum absolute atomic E-state index is 0.0195. The zero-order valence-electron chi connectivity index (χ0n) is 12.7. The summed E-state index contributed by atoms with van der Waals surface area (Å²) in [7, 11) is 0. The van der Waals surface area contributed by atoms with E-state index in [9.17, 15) is 9.59 Å². The molecule has 1 aromatic heterocycles. The minimum Gasteiger partial charge on any atom is -0.375 e. The van der Waals surface area contributed by atoms with Gasteiger partial charge in [-0.1, -0.05) is 12.1 Å². The van der Waals surface area contributed by atoms with Gasteiger partial charge in [0.05, 0.1) is 36.0 Å². The highest BCUT2D eigenvalue weighted by Gasteiger charge is 2.27. The lowest BCUT2D eigenvalue weighted by atomic mass is 10.2. The number of ether oxygens (including phenoxy) is 1. The Morgan fingerprint density at radius 3 is 2.95 bits per heavy atom. The van der Waals surface area contributed by atoms with Crippen LogP contribution >= 0.6 is 0 Å². The fraction of sp³-hybridized carbons (Fsp3) is 0.438. The maximum atomic E-state index is 12.6. The summed E-state index contributed by atoms with van der Waals surface area (Å²) in [5.41, 5.74) is 1.12. The van der Waals surface area contributed by atoms with E-state index in [0.29, 0.717) is 24.2 Å². The normalized spacial score (nSPS) is 22.0. The molecule has 2 aromatic rings. The molecule has 0 spiro atoms. The summed E-state index contributed by atoms with van der Waals surface area (Å²) >= 11 is 0. The molecule has 0 bridgehead atoms. The van der Waals surface area contributed by atoms with Gasteiger partial charge in [0.1, 0.15) is 6.54 Å². The third-order valence-electron chi connectivity index (χ3n) is 3.97. The van der Waals surface area contributed by atoms with Crippen molar-refractivity contribution >= 4 is 16.9 Å². The number of amides is 1. The number of para-hydroxylation sites is 2. The molecule has 2 heterocycles. The lowest BCUT2D eigenvalue weighted by Gasteiger charge is -2.37. The second-order valence-corrected chi connectivity index (χ2v) is 5.71. The molecule has 116 valence electrons. The molecule has 1 aliphatic rings. The van der Waals surface area contributed by atoms with Gasteiger partial charge < -0.3 is 9.64 Å². The average molecular weight is 301 g/mol. The number of aromatic nitrogens is 2. The van der Waals surface area contributed by atoms with Crippen LogP contribution in [0.3, 0.4) is 0 Å². The highest BCUT2D eigenvalue weighted by atomic mass is 16.5. The third-order valence-corrected chi connectivity index (χ3v) is 3.97. The molecule has 6 heteroatoms. The van der Waals surface area contributed by atoms with Crippen molar-refractivity contribution in [1.29, 1.82) is 0 Å². The molecule has 0 radical (unpaired) electrons. The molecule has 22 heavy (non-hydrogen) atoms. The van der Waals surface area contributed by atoms with Crippen LogP contribution in [0.2, 0.25) is 0 Å². The molecule has 1 amide bonds. The summed E-state index contributed by atoms with van der Waals surface area (Å²) in [5, 5.41) is 0. The van der Waals surface area contributed by atoms with E-state index >= 15 is 0 Å². The summed E-state index contributed by atoms with van der Waals surface area (Å²) in [6, 6.07) is 7.35. The zero-order valence-corrected chi connectivity index (χ0v) is 12.7. The Hall–Kier alpha value is -2.21. The quantitative estimate of drug-likeness (QED) is 0.831. The minimum atomic E-state index is -0.263.